The van der Waals surface area contributed by atoms with Gasteiger partial charge in [-0.1, -0.05) is 25.1 Å². The number of para-hydroxylation sites is 1. The molecule has 0 radical (unpaired) electrons. The van der Waals surface area contributed by atoms with Crippen LogP contribution in [0, 0.1) is 0 Å². The average molecular weight is 333 g/mol. The van der Waals surface area contributed by atoms with Crippen molar-refractivity contribution in [3.8, 4) is 5.69 Å². The Hall–Kier alpha value is -1.66. The van der Waals surface area contributed by atoms with Gasteiger partial charge in [0.25, 0.3) is 0 Å². The van der Waals surface area contributed by atoms with E-state index in [0.717, 1.165) is 18.5 Å². The van der Waals surface area contributed by atoms with Crippen LogP contribution < -0.4 is 0 Å². The first kappa shape index (κ1) is 16.2. The molecule has 1 fully saturated rings. The van der Waals surface area contributed by atoms with Gasteiger partial charge in [-0.25, -0.2) is 17.4 Å². The molecule has 124 valence electrons. The molecule has 0 unspecified atom stereocenters. The topological polar surface area (TPSA) is 55.2 Å². The highest BCUT2D eigenvalue weighted by Gasteiger charge is 2.28. The Balaban J connectivity index is 1.66. The Bertz CT molecular complexity index is 732. The summed E-state index contributed by atoms with van der Waals surface area (Å²) < 4.78 is 27.8. The monoisotopic (exact) mass is 333 g/mol. The highest BCUT2D eigenvalue weighted by atomic mass is 32.2. The van der Waals surface area contributed by atoms with Crippen molar-refractivity contribution in [2.45, 2.75) is 32.1 Å². The summed E-state index contributed by atoms with van der Waals surface area (Å²) in [6.07, 6.45) is 6.38. The SMILES string of the molecule is CCCS(=O)(=O)N1CCC(c2cnn(-c3ccccc3)c2)CC1. The zero-order valence-electron chi connectivity index (χ0n) is 13.4. The van der Waals surface area contributed by atoms with Gasteiger partial charge in [0.2, 0.25) is 10.0 Å². The van der Waals surface area contributed by atoms with Crippen molar-refractivity contribution in [3.63, 3.8) is 0 Å². The number of hydrogen-bond acceptors (Lipinski definition) is 3. The van der Waals surface area contributed by atoms with Crippen molar-refractivity contribution in [1.29, 1.82) is 0 Å². The lowest BCUT2D eigenvalue weighted by Gasteiger charge is -2.30. The number of nitrogens with zero attached hydrogens (tertiary/aromatic N) is 3. The third-order valence-corrected chi connectivity index (χ3v) is 6.48. The van der Waals surface area contributed by atoms with Crippen molar-refractivity contribution >= 4 is 10.0 Å². The minimum Gasteiger partial charge on any atom is -0.241 e. The fraction of sp³-hybridized carbons (Fsp3) is 0.471. The second-order valence-corrected chi connectivity index (χ2v) is 8.13. The molecule has 6 heteroatoms. The predicted molar refractivity (Wildman–Crippen MR) is 91.2 cm³/mol. The molecule has 2 heterocycles. The van der Waals surface area contributed by atoms with Gasteiger partial charge in [-0.15, -0.1) is 0 Å². The molecular formula is C17H23N3O2S. The lowest BCUT2D eigenvalue weighted by molar-refractivity contribution is 0.319. The molecule has 3 rings (SSSR count). The molecule has 2 aromatic rings. The van der Waals surface area contributed by atoms with Gasteiger partial charge in [-0.3, -0.25) is 0 Å². The smallest absolute Gasteiger partial charge is 0.214 e. The van der Waals surface area contributed by atoms with E-state index in [1.807, 2.05) is 48.1 Å². The fourth-order valence-electron chi connectivity index (χ4n) is 3.12. The van der Waals surface area contributed by atoms with Gasteiger partial charge < -0.3 is 0 Å². The third kappa shape index (κ3) is 3.64. The quantitative estimate of drug-likeness (QED) is 0.845. The van der Waals surface area contributed by atoms with Crippen molar-refractivity contribution in [2.75, 3.05) is 18.8 Å². The number of hydrogen-bond donors (Lipinski definition) is 0. The third-order valence-electron chi connectivity index (χ3n) is 4.40. The minimum absolute atomic E-state index is 0.254. The Morgan fingerprint density at radius 1 is 1.17 bits per heavy atom. The standard InChI is InChI=1S/C17H23N3O2S/c1-2-12-23(21,22)19-10-8-15(9-11-19)16-13-18-20(14-16)17-6-4-3-5-7-17/h3-7,13-15H,2,8-12H2,1H3. The van der Waals surface area contributed by atoms with E-state index in [1.165, 1.54) is 5.56 Å². The second kappa shape index (κ2) is 6.84. The highest BCUT2D eigenvalue weighted by Crippen LogP contribution is 2.29. The van der Waals surface area contributed by atoms with E-state index in [1.54, 1.807) is 4.31 Å². The van der Waals surface area contributed by atoms with Gasteiger partial charge in [0.05, 0.1) is 17.6 Å². The van der Waals surface area contributed by atoms with Gasteiger partial charge in [0, 0.05) is 19.3 Å². The van der Waals surface area contributed by atoms with Crippen LogP contribution in [0.2, 0.25) is 0 Å². The molecule has 1 aliphatic heterocycles. The summed E-state index contributed by atoms with van der Waals surface area (Å²) in [7, 11) is -3.06. The Morgan fingerprint density at radius 3 is 2.52 bits per heavy atom. The Morgan fingerprint density at radius 2 is 1.87 bits per heavy atom. The maximum atomic E-state index is 12.1. The molecule has 1 aliphatic rings. The summed E-state index contributed by atoms with van der Waals surface area (Å²) in [4.78, 5) is 0. The van der Waals surface area contributed by atoms with E-state index in [2.05, 4.69) is 11.3 Å². The molecular weight excluding hydrogens is 310 g/mol. The van der Waals surface area contributed by atoms with Crippen LogP contribution in [0.3, 0.4) is 0 Å². The Labute approximate surface area is 138 Å². The molecule has 0 bridgehead atoms. The zero-order valence-corrected chi connectivity index (χ0v) is 14.2. The maximum absolute atomic E-state index is 12.1. The van der Waals surface area contributed by atoms with Crippen LogP contribution >= 0.6 is 0 Å². The van der Waals surface area contributed by atoms with Crippen LogP contribution in [0.25, 0.3) is 5.69 Å². The molecule has 0 N–H and O–H groups in total. The Kier molecular flexibility index (Phi) is 4.82. The molecule has 5 nitrogen and oxygen atoms in total. The van der Waals surface area contributed by atoms with E-state index in [-0.39, 0.29) is 5.75 Å². The molecule has 1 aromatic heterocycles. The fourth-order valence-corrected chi connectivity index (χ4v) is 4.67. The van der Waals surface area contributed by atoms with E-state index >= 15 is 0 Å². The number of piperidine rings is 1. The summed E-state index contributed by atoms with van der Waals surface area (Å²) in [5.74, 6) is 0.643. The molecule has 0 saturated carbocycles. The number of benzene rings is 1. The van der Waals surface area contributed by atoms with E-state index < -0.39 is 10.0 Å². The molecule has 0 amide bonds. The summed E-state index contributed by atoms with van der Waals surface area (Å²) in [6.45, 7) is 3.13. The predicted octanol–water partition coefficient (Wildman–Crippen LogP) is 2.79. The molecule has 23 heavy (non-hydrogen) atoms. The van der Waals surface area contributed by atoms with Crippen molar-refractivity contribution < 1.29 is 8.42 Å². The van der Waals surface area contributed by atoms with E-state index in [0.29, 0.717) is 25.4 Å². The van der Waals surface area contributed by atoms with Crippen LogP contribution in [0.15, 0.2) is 42.7 Å². The first-order valence-corrected chi connectivity index (χ1v) is 9.79. The van der Waals surface area contributed by atoms with Crippen LogP contribution in [-0.2, 0) is 10.0 Å². The van der Waals surface area contributed by atoms with Gasteiger partial charge >= 0.3 is 0 Å². The lowest BCUT2D eigenvalue weighted by atomic mass is 9.93. The second-order valence-electron chi connectivity index (χ2n) is 6.04. The van der Waals surface area contributed by atoms with Gasteiger partial charge in [-0.05, 0) is 42.9 Å². The largest absolute Gasteiger partial charge is 0.241 e. The zero-order chi connectivity index (χ0) is 16.3. The van der Waals surface area contributed by atoms with Crippen molar-refractivity contribution in [2.24, 2.45) is 0 Å². The molecule has 0 atom stereocenters. The molecule has 1 saturated heterocycles. The van der Waals surface area contributed by atoms with Crippen LogP contribution in [0.5, 0.6) is 0 Å². The van der Waals surface area contributed by atoms with Crippen LogP contribution in [0.1, 0.15) is 37.7 Å². The van der Waals surface area contributed by atoms with Crippen LogP contribution in [-0.4, -0.2) is 41.3 Å². The summed E-state index contributed by atoms with van der Waals surface area (Å²) in [5.41, 5.74) is 2.24. The summed E-state index contributed by atoms with van der Waals surface area (Å²) in [6, 6.07) is 10.0. The van der Waals surface area contributed by atoms with Gasteiger partial charge in [-0.2, -0.15) is 5.10 Å². The first-order valence-electron chi connectivity index (χ1n) is 8.18. The van der Waals surface area contributed by atoms with E-state index in [4.69, 9.17) is 0 Å². The van der Waals surface area contributed by atoms with E-state index in [9.17, 15) is 8.42 Å². The van der Waals surface area contributed by atoms with Crippen LogP contribution in [0.4, 0.5) is 0 Å². The summed E-state index contributed by atoms with van der Waals surface area (Å²) >= 11 is 0. The van der Waals surface area contributed by atoms with Gasteiger partial charge in [0.15, 0.2) is 0 Å². The van der Waals surface area contributed by atoms with Crippen molar-refractivity contribution in [3.05, 3.63) is 48.3 Å². The molecule has 1 aromatic carbocycles. The minimum atomic E-state index is -3.06. The summed E-state index contributed by atoms with van der Waals surface area (Å²) in [5, 5.41) is 4.44. The first-order chi connectivity index (χ1) is 11.1. The molecule has 0 spiro atoms. The number of rotatable bonds is 5. The normalized spacial score (nSPS) is 17.4. The number of aromatic nitrogens is 2. The highest BCUT2D eigenvalue weighted by molar-refractivity contribution is 7.89. The van der Waals surface area contributed by atoms with Gasteiger partial charge in [0.1, 0.15) is 0 Å². The molecule has 0 aliphatic carbocycles. The average Bonchev–Trinajstić information content (AvgIpc) is 3.06. The lowest BCUT2D eigenvalue weighted by Crippen LogP contribution is -2.39. The van der Waals surface area contributed by atoms with Crippen molar-refractivity contribution in [1.82, 2.24) is 14.1 Å². The maximum Gasteiger partial charge on any atom is 0.214 e. The number of sulfonamides is 1.